The number of anilines is 3. The molecule has 12 nitrogen and oxygen atoms in total. The number of nitrogens with one attached hydrogen (secondary N) is 1. The lowest BCUT2D eigenvalue weighted by Crippen LogP contribution is -2.52. The number of rotatable bonds is 5. The second kappa shape index (κ2) is 11.6. The van der Waals surface area contributed by atoms with Gasteiger partial charge in [-0.05, 0) is 61.2 Å². The molecule has 3 heterocycles. The molecule has 0 aliphatic carbocycles. The Hall–Kier alpha value is -4.62. The summed E-state index contributed by atoms with van der Waals surface area (Å²) in [5.74, 6) is -0.0141. The fourth-order valence-electron chi connectivity index (χ4n) is 5.84. The van der Waals surface area contributed by atoms with Gasteiger partial charge < -0.3 is 30.3 Å². The highest BCUT2D eigenvalue weighted by Gasteiger charge is 2.35. The first kappa shape index (κ1) is 28.5. The topological polar surface area (TPSA) is 168 Å². The van der Waals surface area contributed by atoms with E-state index < -0.39 is 16.1 Å². The van der Waals surface area contributed by atoms with Gasteiger partial charge in [0, 0.05) is 43.1 Å². The molecule has 1 unspecified atom stereocenters. The van der Waals surface area contributed by atoms with Crippen molar-refractivity contribution in [1.82, 2.24) is 15.0 Å². The summed E-state index contributed by atoms with van der Waals surface area (Å²) < 4.78 is 29.5. The first-order valence-electron chi connectivity index (χ1n) is 14.2. The Morgan fingerprint density at radius 2 is 1.63 bits per heavy atom. The molecular weight excluding hydrogens is 570 g/mol. The average molecular weight is 604 g/mol. The van der Waals surface area contributed by atoms with Gasteiger partial charge in [-0.3, -0.25) is 4.79 Å². The van der Waals surface area contributed by atoms with Crippen LogP contribution in [0.25, 0.3) is 22.1 Å². The number of hydrogen-bond donors (Lipinski definition) is 3. The van der Waals surface area contributed by atoms with Gasteiger partial charge in [0.1, 0.15) is 6.04 Å². The third-order valence-corrected chi connectivity index (χ3v) is 8.99. The Labute approximate surface area is 249 Å². The van der Waals surface area contributed by atoms with Crippen molar-refractivity contribution in [3.8, 4) is 11.1 Å². The van der Waals surface area contributed by atoms with E-state index in [0.29, 0.717) is 47.3 Å². The van der Waals surface area contributed by atoms with Crippen LogP contribution in [0.15, 0.2) is 76.1 Å². The number of amides is 3. The molecule has 1 aromatic heterocycles. The standard InChI is InChI=1S/C30H33N7O5S/c31-28-24-18-22(12-13-26(24)42-34-28)37-17-5-16-36(30(39)35-14-3-4-15-35)19-25(37)29(38)33-21-10-8-20(9-11-21)23-6-1-2-7-27(23)43(32,40)41/h1-2,6-13,18,25H,3-5,14-17,19H2,(H2,31,34)(H,33,38)(H2,32,40,41). The number of nitrogens with zero attached hydrogens (tertiary/aromatic N) is 4. The third kappa shape index (κ3) is 5.86. The van der Waals surface area contributed by atoms with Crippen molar-refractivity contribution in [1.29, 1.82) is 0 Å². The van der Waals surface area contributed by atoms with Crippen LogP contribution in [-0.4, -0.2) is 74.1 Å². The van der Waals surface area contributed by atoms with E-state index in [0.717, 1.165) is 31.6 Å². The van der Waals surface area contributed by atoms with E-state index in [1.54, 1.807) is 53.4 Å². The predicted molar refractivity (Wildman–Crippen MR) is 164 cm³/mol. The van der Waals surface area contributed by atoms with Crippen LogP contribution in [0.1, 0.15) is 19.3 Å². The Morgan fingerprint density at radius 1 is 0.907 bits per heavy atom. The summed E-state index contributed by atoms with van der Waals surface area (Å²) in [6.07, 6.45) is 2.64. The number of carbonyl (C=O) groups excluding carboxylic acids is 2. The molecule has 43 heavy (non-hydrogen) atoms. The molecule has 6 rings (SSSR count). The molecule has 224 valence electrons. The lowest BCUT2D eigenvalue weighted by molar-refractivity contribution is -0.117. The smallest absolute Gasteiger partial charge is 0.320 e. The number of primary sulfonamides is 1. The maximum atomic E-state index is 14.0. The lowest BCUT2D eigenvalue weighted by Gasteiger charge is -2.33. The van der Waals surface area contributed by atoms with Crippen LogP contribution >= 0.6 is 0 Å². The van der Waals surface area contributed by atoms with E-state index in [1.165, 1.54) is 6.07 Å². The van der Waals surface area contributed by atoms with Crippen molar-refractivity contribution < 1.29 is 22.5 Å². The van der Waals surface area contributed by atoms with Gasteiger partial charge in [0.15, 0.2) is 11.4 Å². The van der Waals surface area contributed by atoms with Gasteiger partial charge in [0.25, 0.3) is 0 Å². The highest BCUT2D eigenvalue weighted by atomic mass is 32.2. The van der Waals surface area contributed by atoms with Gasteiger partial charge in [-0.15, -0.1) is 0 Å². The number of carbonyl (C=O) groups is 2. The predicted octanol–water partition coefficient (Wildman–Crippen LogP) is 3.46. The molecule has 0 radical (unpaired) electrons. The largest absolute Gasteiger partial charge is 0.380 e. The van der Waals surface area contributed by atoms with E-state index in [-0.39, 0.29) is 29.2 Å². The number of urea groups is 1. The number of nitrogens with two attached hydrogens (primary N) is 2. The van der Waals surface area contributed by atoms with Crippen LogP contribution < -0.4 is 21.1 Å². The summed E-state index contributed by atoms with van der Waals surface area (Å²) in [5, 5.41) is 12.9. The molecule has 3 aromatic carbocycles. The molecule has 4 aromatic rings. The van der Waals surface area contributed by atoms with Crippen molar-refractivity contribution in [2.75, 3.05) is 48.7 Å². The monoisotopic (exact) mass is 603 g/mol. The van der Waals surface area contributed by atoms with Crippen molar-refractivity contribution >= 4 is 50.1 Å². The fraction of sp³-hybridized carbons (Fsp3) is 0.300. The van der Waals surface area contributed by atoms with Gasteiger partial charge in [-0.1, -0.05) is 35.5 Å². The normalized spacial score (nSPS) is 17.7. The number of likely N-dealkylation sites (tertiary alicyclic amines) is 1. The van der Waals surface area contributed by atoms with Crippen molar-refractivity contribution in [3.05, 3.63) is 66.7 Å². The highest BCUT2D eigenvalue weighted by molar-refractivity contribution is 7.89. The molecule has 1 atom stereocenters. The molecule has 2 fully saturated rings. The Morgan fingerprint density at radius 3 is 2.37 bits per heavy atom. The molecular formula is C30H33N7O5S. The summed E-state index contributed by atoms with van der Waals surface area (Å²) >= 11 is 0. The first-order valence-corrected chi connectivity index (χ1v) is 15.7. The number of aromatic nitrogens is 1. The van der Waals surface area contributed by atoms with Crippen molar-refractivity contribution in [2.45, 2.75) is 30.2 Å². The SMILES string of the molecule is Nc1noc2ccc(N3CCCN(C(=O)N4CCCC4)CC3C(=O)Nc3ccc(-c4ccccc4S(N)(=O)=O)cc3)cc12. The van der Waals surface area contributed by atoms with E-state index in [1.807, 2.05) is 21.9 Å². The van der Waals surface area contributed by atoms with Gasteiger partial charge in [0.05, 0.1) is 16.8 Å². The molecule has 13 heteroatoms. The zero-order valence-electron chi connectivity index (χ0n) is 23.5. The zero-order valence-corrected chi connectivity index (χ0v) is 24.3. The van der Waals surface area contributed by atoms with Gasteiger partial charge in [-0.25, -0.2) is 18.4 Å². The summed E-state index contributed by atoms with van der Waals surface area (Å²) in [6.45, 7) is 2.73. The van der Waals surface area contributed by atoms with Gasteiger partial charge >= 0.3 is 6.03 Å². The minimum atomic E-state index is -3.92. The summed E-state index contributed by atoms with van der Waals surface area (Å²) in [5.41, 5.74) is 8.98. The quantitative estimate of drug-likeness (QED) is 0.312. The van der Waals surface area contributed by atoms with Gasteiger partial charge in [0.2, 0.25) is 15.9 Å². The third-order valence-electron chi connectivity index (χ3n) is 8.02. The Bertz CT molecular complexity index is 1770. The summed E-state index contributed by atoms with van der Waals surface area (Å²) in [6, 6.07) is 18.1. The molecule has 5 N–H and O–H groups in total. The number of nitrogen functional groups attached to an aromatic ring is 1. The van der Waals surface area contributed by atoms with E-state index >= 15 is 0 Å². The van der Waals surface area contributed by atoms with Crippen LogP contribution in [0.5, 0.6) is 0 Å². The second-order valence-electron chi connectivity index (χ2n) is 10.8. The first-order chi connectivity index (χ1) is 20.7. The minimum absolute atomic E-state index is 0.0223. The van der Waals surface area contributed by atoms with Crippen molar-refractivity contribution in [3.63, 3.8) is 0 Å². The van der Waals surface area contributed by atoms with E-state index in [9.17, 15) is 18.0 Å². The summed E-state index contributed by atoms with van der Waals surface area (Å²) in [4.78, 5) is 33.0. The van der Waals surface area contributed by atoms with E-state index in [4.69, 9.17) is 15.4 Å². The molecule has 0 saturated carbocycles. The molecule has 0 bridgehead atoms. The number of benzene rings is 3. The molecule has 3 amide bonds. The summed E-state index contributed by atoms with van der Waals surface area (Å²) in [7, 11) is -3.92. The maximum absolute atomic E-state index is 14.0. The zero-order chi connectivity index (χ0) is 30.1. The number of hydrogen-bond acceptors (Lipinski definition) is 8. The second-order valence-corrected chi connectivity index (χ2v) is 12.4. The molecule has 0 spiro atoms. The minimum Gasteiger partial charge on any atom is -0.380 e. The van der Waals surface area contributed by atoms with Crippen LogP contribution in [0, 0.1) is 0 Å². The molecule has 2 aliphatic rings. The van der Waals surface area contributed by atoms with Crippen LogP contribution in [0.2, 0.25) is 0 Å². The fourth-order valence-corrected chi connectivity index (χ4v) is 6.60. The number of sulfonamides is 1. The van der Waals surface area contributed by atoms with Crippen LogP contribution in [0.4, 0.5) is 22.0 Å². The van der Waals surface area contributed by atoms with E-state index in [2.05, 4.69) is 10.5 Å². The molecule has 2 saturated heterocycles. The average Bonchev–Trinajstić information content (AvgIpc) is 3.61. The van der Waals surface area contributed by atoms with Crippen LogP contribution in [0.3, 0.4) is 0 Å². The Kier molecular flexibility index (Phi) is 7.67. The lowest BCUT2D eigenvalue weighted by atomic mass is 10.1. The Balaban J connectivity index is 1.28. The molecule has 2 aliphatic heterocycles. The van der Waals surface area contributed by atoms with Crippen LogP contribution in [-0.2, 0) is 14.8 Å². The van der Waals surface area contributed by atoms with Gasteiger partial charge in [-0.2, -0.15) is 0 Å². The highest BCUT2D eigenvalue weighted by Crippen LogP contribution is 2.30. The van der Waals surface area contributed by atoms with Crippen molar-refractivity contribution in [2.24, 2.45) is 5.14 Å². The maximum Gasteiger partial charge on any atom is 0.320 e. The number of fused-ring (bicyclic) bond motifs is 1.